The molecule has 0 spiro atoms. The third-order valence-electron chi connectivity index (χ3n) is 2.49. The van der Waals surface area contributed by atoms with Crippen molar-refractivity contribution in [2.45, 2.75) is 26.3 Å². The Morgan fingerprint density at radius 1 is 1.31 bits per heavy atom. The second kappa shape index (κ2) is 5.66. The second-order valence-electron chi connectivity index (χ2n) is 4.35. The Kier molecular flexibility index (Phi) is 4.50. The van der Waals surface area contributed by atoms with Crippen molar-refractivity contribution in [3.8, 4) is 0 Å². The van der Waals surface area contributed by atoms with E-state index in [0.717, 1.165) is 12.0 Å². The highest BCUT2D eigenvalue weighted by atomic mass is 16.5. The first-order valence-electron chi connectivity index (χ1n) is 5.48. The summed E-state index contributed by atoms with van der Waals surface area (Å²) in [5.74, 6) is 0.249. The predicted octanol–water partition coefficient (Wildman–Crippen LogP) is 2.52. The van der Waals surface area contributed by atoms with E-state index in [1.807, 2.05) is 12.1 Å². The zero-order chi connectivity index (χ0) is 12.1. The summed E-state index contributed by atoms with van der Waals surface area (Å²) in [7, 11) is 1.38. The number of nitrogens with two attached hydrogens (primary N) is 1. The molecule has 0 radical (unpaired) electrons. The average molecular weight is 221 g/mol. The molecule has 0 aliphatic carbocycles. The van der Waals surface area contributed by atoms with Crippen LogP contribution in [0.1, 0.15) is 42.2 Å². The zero-order valence-electron chi connectivity index (χ0n) is 10.1. The Morgan fingerprint density at radius 2 is 1.88 bits per heavy atom. The molecule has 0 heterocycles. The number of hydrogen-bond donors (Lipinski definition) is 1. The molecule has 0 aliphatic rings. The maximum atomic E-state index is 11.2. The highest BCUT2D eigenvalue weighted by Crippen LogP contribution is 2.19. The second-order valence-corrected chi connectivity index (χ2v) is 4.35. The fourth-order valence-electron chi connectivity index (χ4n) is 1.63. The van der Waals surface area contributed by atoms with Crippen LogP contribution >= 0.6 is 0 Å². The number of benzene rings is 1. The quantitative estimate of drug-likeness (QED) is 0.795. The molecule has 88 valence electrons. The summed E-state index contributed by atoms with van der Waals surface area (Å²) in [6, 6.07) is 7.31. The number of ether oxygens (including phenoxy) is 1. The van der Waals surface area contributed by atoms with Gasteiger partial charge in [-0.15, -0.1) is 0 Å². The Bertz CT molecular complexity index is 343. The van der Waals surface area contributed by atoms with Crippen LogP contribution in [-0.4, -0.2) is 13.1 Å². The van der Waals surface area contributed by atoms with E-state index in [2.05, 4.69) is 18.6 Å². The molecule has 0 fully saturated rings. The van der Waals surface area contributed by atoms with Crippen LogP contribution in [0.3, 0.4) is 0 Å². The van der Waals surface area contributed by atoms with Crippen LogP contribution in [-0.2, 0) is 4.74 Å². The minimum Gasteiger partial charge on any atom is -0.465 e. The molecule has 1 rings (SSSR count). The van der Waals surface area contributed by atoms with Crippen molar-refractivity contribution in [3.63, 3.8) is 0 Å². The van der Waals surface area contributed by atoms with Crippen molar-refractivity contribution in [2.75, 3.05) is 7.11 Å². The van der Waals surface area contributed by atoms with E-state index in [1.165, 1.54) is 7.11 Å². The summed E-state index contributed by atoms with van der Waals surface area (Å²) in [5.41, 5.74) is 7.65. The maximum Gasteiger partial charge on any atom is 0.337 e. The smallest absolute Gasteiger partial charge is 0.337 e. The lowest BCUT2D eigenvalue weighted by Gasteiger charge is -2.14. The van der Waals surface area contributed by atoms with Crippen LogP contribution in [0.15, 0.2) is 24.3 Å². The number of carbonyl (C=O) groups excluding carboxylic acids is 1. The van der Waals surface area contributed by atoms with Crippen molar-refractivity contribution in [3.05, 3.63) is 35.4 Å². The monoisotopic (exact) mass is 221 g/mol. The summed E-state index contributed by atoms with van der Waals surface area (Å²) < 4.78 is 4.63. The van der Waals surface area contributed by atoms with Gasteiger partial charge < -0.3 is 10.5 Å². The van der Waals surface area contributed by atoms with Gasteiger partial charge in [-0.3, -0.25) is 0 Å². The van der Waals surface area contributed by atoms with E-state index in [4.69, 9.17) is 5.73 Å². The van der Waals surface area contributed by atoms with Gasteiger partial charge in [-0.1, -0.05) is 26.0 Å². The molecule has 0 aromatic heterocycles. The minimum atomic E-state index is -0.316. The largest absolute Gasteiger partial charge is 0.465 e. The first-order valence-corrected chi connectivity index (χ1v) is 5.48. The molecular formula is C13H19NO2. The van der Waals surface area contributed by atoms with Crippen molar-refractivity contribution < 1.29 is 9.53 Å². The van der Waals surface area contributed by atoms with E-state index in [1.54, 1.807) is 12.1 Å². The summed E-state index contributed by atoms with van der Waals surface area (Å²) in [4.78, 5) is 11.2. The van der Waals surface area contributed by atoms with E-state index in [-0.39, 0.29) is 12.0 Å². The highest BCUT2D eigenvalue weighted by molar-refractivity contribution is 5.89. The summed E-state index contributed by atoms with van der Waals surface area (Å²) in [6.45, 7) is 4.28. The van der Waals surface area contributed by atoms with Gasteiger partial charge in [0, 0.05) is 6.04 Å². The third kappa shape index (κ3) is 3.35. The molecule has 0 amide bonds. The standard InChI is InChI=1S/C13H19NO2/c1-9(2)8-12(14)10-4-6-11(7-5-10)13(15)16-3/h4-7,9,12H,8,14H2,1-3H3/t12-/m1/s1. The first kappa shape index (κ1) is 12.7. The Balaban J connectivity index is 2.74. The van der Waals surface area contributed by atoms with Crippen LogP contribution in [0, 0.1) is 5.92 Å². The van der Waals surface area contributed by atoms with Crippen LogP contribution in [0.25, 0.3) is 0 Å². The van der Waals surface area contributed by atoms with Crippen molar-refractivity contribution >= 4 is 5.97 Å². The number of hydrogen-bond acceptors (Lipinski definition) is 3. The summed E-state index contributed by atoms with van der Waals surface area (Å²) in [5, 5.41) is 0. The van der Waals surface area contributed by atoms with Gasteiger partial charge in [-0.25, -0.2) is 4.79 Å². The zero-order valence-corrected chi connectivity index (χ0v) is 10.1. The molecule has 3 nitrogen and oxygen atoms in total. The number of esters is 1. The molecule has 1 aromatic rings. The Morgan fingerprint density at radius 3 is 2.31 bits per heavy atom. The van der Waals surface area contributed by atoms with Gasteiger partial charge in [0.2, 0.25) is 0 Å². The molecule has 0 unspecified atom stereocenters. The van der Waals surface area contributed by atoms with E-state index in [0.29, 0.717) is 11.5 Å². The Labute approximate surface area is 96.6 Å². The summed E-state index contributed by atoms with van der Waals surface area (Å²) >= 11 is 0. The van der Waals surface area contributed by atoms with Crippen LogP contribution < -0.4 is 5.73 Å². The molecule has 3 heteroatoms. The van der Waals surface area contributed by atoms with Crippen LogP contribution in [0.2, 0.25) is 0 Å². The maximum absolute atomic E-state index is 11.2. The topological polar surface area (TPSA) is 52.3 Å². The van der Waals surface area contributed by atoms with Gasteiger partial charge in [-0.05, 0) is 30.0 Å². The fraction of sp³-hybridized carbons (Fsp3) is 0.462. The average Bonchev–Trinajstić information content (AvgIpc) is 2.27. The van der Waals surface area contributed by atoms with Gasteiger partial charge in [0.1, 0.15) is 0 Å². The van der Waals surface area contributed by atoms with Gasteiger partial charge in [0.15, 0.2) is 0 Å². The SMILES string of the molecule is COC(=O)c1ccc([C@H](N)CC(C)C)cc1. The molecular weight excluding hydrogens is 202 g/mol. The van der Waals surface area contributed by atoms with Crippen molar-refractivity contribution in [1.82, 2.24) is 0 Å². The van der Waals surface area contributed by atoms with Crippen molar-refractivity contribution in [1.29, 1.82) is 0 Å². The Hall–Kier alpha value is -1.35. The molecule has 0 bridgehead atoms. The molecule has 0 saturated heterocycles. The van der Waals surface area contributed by atoms with Gasteiger partial charge >= 0.3 is 5.97 Å². The molecule has 0 aliphatic heterocycles. The third-order valence-corrected chi connectivity index (χ3v) is 2.49. The van der Waals surface area contributed by atoms with E-state index in [9.17, 15) is 4.79 Å². The van der Waals surface area contributed by atoms with E-state index >= 15 is 0 Å². The lowest BCUT2D eigenvalue weighted by Crippen LogP contribution is -2.13. The molecule has 2 N–H and O–H groups in total. The molecule has 16 heavy (non-hydrogen) atoms. The van der Waals surface area contributed by atoms with Gasteiger partial charge in [0.25, 0.3) is 0 Å². The number of carbonyl (C=O) groups is 1. The predicted molar refractivity (Wildman–Crippen MR) is 64.2 cm³/mol. The first-order chi connectivity index (χ1) is 7.54. The van der Waals surface area contributed by atoms with Gasteiger partial charge in [0.05, 0.1) is 12.7 Å². The normalized spacial score (nSPS) is 12.6. The summed E-state index contributed by atoms with van der Waals surface area (Å²) in [6.07, 6.45) is 0.942. The minimum absolute atomic E-state index is 0.0340. The van der Waals surface area contributed by atoms with Gasteiger partial charge in [-0.2, -0.15) is 0 Å². The van der Waals surface area contributed by atoms with E-state index < -0.39 is 0 Å². The molecule has 0 saturated carbocycles. The van der Waals surface area contributed by atoms with Crippen LogP contribution in [0.4, 0.5) is 0 Å². The van der Waals surface area contributed by atoms with Crippen LogP contribution in [0.5, 0.6) is 0 Å². The number of methoxy groups -OCH3 is 1. The fourth-order valence-corrected chi connectivity index (χ4v) is 1.63. The lowest BCUT2D eigenvalue weighted by molar-refractivity contribution is 0.0600. The number of rotatable bonds is 4. The molecule has 1 aromatic carbocycles. The highest BCUT2D eigenvalue weighted by Gasteiger charge is 2.10. The lowest BCUT2D eigenvalue weighted by atomic mass is 9.97. The molecule has 1 atom stereocenters. The van der Waals surface area contributed by atoms with Crippen molar-refractivity contribution in [2.24, 2.45) is 11.7 Å².